The van der Waals surface area contributed by atoms with E-state index in [2.05, 4.69) is 20.8 Å². The van der Waals surface area contributed by atoms with Crippen LogP contribution in [0.1, 0.15) is 31.1 Å². The molecule has 1 aromatic carbocycles. The van der Waals surface area contributed by atoms with Gasteiger partial charge >= 0.3 is 0 Å². The molecular weight excluding hydrogens is 192 g/mol. The zero-order valence-corrected chi connectivity index (χ0v) is 9.67. The molecule has 1 rings (SSSR count). The van der Waals surface area contributed by atoms with Crippen LogP contribution in [0.15, 0.2) is 29.2 Å². The Kier molecular flexibility index (Phi) is 4.21. The van der Waals surface area contributed by atoms with Crippen LogP contribution in [0.4, 0.5) is 0 Å². The van der Waals surface area contributed by atoms with Gasteiger partial charge in [0.05, 0.1) is 0 Å². The summed E-state index contributed by atoms with van der Waals surface area (Å²) in [5.74, 6) is 0.672. The summed E-state index contributed by atoms with van der Waals surface area (Å²) < 4.78 is 0. The van der Waals surface area contributed by atoms with Crippen molar-refractivity contribution in [2.75, 3.05) is 0 Å². The lowest BCUT2D eigenvalue weighted by Crippen LogP contribution is -2.04. The molecule has 0 bridgehead atoms. The minimum Gasteiger partial charge on any atom is -0.298 e. The average Bonchev–Trinajstić information content (AvgIpc) is 2.19. The summed E-state index contributed by atoms with van der Waals surface area (Å²) in [5, 5.41) is 0.608. The lowest BCUT2D eigenvalue weighted by Gasteiger charge is -2.14. The fourth-order valence-corrected chi connectivity index (χ4v) is 1.97. The molecule has 0 aliphatic heterocycles. The second-order valence-corrected chi connectivity index (χ2v) is 5.20. The zero-order chi connectivity index (χ0) is 10.6. The van der Waals surface area contributed by atoms with E-state index in [1.807, 2.05) is 36.0 Å². The number of carbonyl (C=O) groups is 1. The highest BCUT2D eigenvalue weighted by Crippen LogP contribution is 2.27. The van der Waals surface area contributed by atoms with E-state index in [0.717, 1.165) is 11.8 Å². The summed E-state index contributed by atoms with van der Waals surface area (Å²) in [6.07, 6.45) is 0.875. The fraction of sp³-hybridized carbons (Fsp3) is 0.417. The molecule has 0 spiro atoms. The molecule has 0 aliphatic rings. The Balaban J connectivity index is 2.64. The SMILES string of the molecule is CC(C)C(C)Sc1ccc(C=O)cc1. The van der Waals surface area contributed by atoms with Crippen LogP contribution in [0.5, 0.6) is 0 Å². The van der Waals surface area contributed by atoms with Crippen LogP contribution < -0.4 is 0 Å². The minimum absolute atomic E-state index is 0.608. The van der Waals surface area contributed by atoms with Gasteiger partial charge in [-0.2, -0.15) is 0 Å². The number of thioether (sulfide) groups is 1. The predicted octanol–water partition coefficient (Wildman–Crippen LogP) is 3.64. The minimum atomic E-state index is 0.608. The average molecular weight is 208 g/mol. The van der Waals surface area contributed by atoms with Gasteiger partial charge in [0.2, 0.25) is 0 Å². The molecule has 1 nitrogen and oxygen atoms in total. The molecule has 1 atom stereocenters. The number of hydrogen-bond acceptors (Lipinski definition) is 2. The van der Waals surface area contributed by atoms with Crippen molar-refractivity contribution in [3.63, 3.8) is 0 Å². The molecule has 1 aromatic rings. The van der Waals surface area contributed by atoms with Gasteiger partial charge in [-0.3, -0.25) is 4.79 Å². The van der Waals surface area contributed by atoms with Crippen LogP contribution >= 0.6 is 11.8 Å². The molecule has 0 N–H and O–H groups in total. The van der Waals surface area contributed by atoms with E-state index in [9.17, 15) is 4.79 Å². The Morgan fingerprint density at radius 2 is 1.71 bits per heavy atom. The van der Waals surface area contributed by atoms with Crippen molar-refractivity contribution in [1.82, 2.24) is 0 Å². The third kappa shape index (κ3) is 3.18. The highest BCUT2D eigenvalue weighted by Gasteiger charge is 2.08. The lowest BCUT2D eigenvalue weighted by atomic mass is 10.2. The molecule has 0 aromatic heterocycles. The molecule has 0 aliphatic carbocycles. The van der Waals surface area contributed by atoms with Crippen molar-refractivity contribution in [2.45, 2.75) is 30.9 Å². The van der Waals surface area contributed by atoms with Gasteiger partial charge in [0, 0.05) is 15.7 Å². The van der Waals surface area contributed by atoms with Crippen molar-refractivity contribution in [2.24, 2.45) is 5.92 Å². The molecule has 1 unspecified atom stereocenters. The molecule has 0 fully saturated rings. The number of rotatable bonds is 4. The first kappa shape index (κ1) is 11.3. The third-order valence-corrected chi connectivity index (χ3v) is 3.74. The quantitative estimate of drug-likeness (QED) is 0.555. The molecule has 14 heavy (non-hydrogen) atoms. The third-order valence-electron chi connectivity index (χ3n) is 2.28. The summed E-state index contributed by atoms with van der Waals surface area (Å²) in [7, 11) is 0. The Morgan fingerprint density at radius 3 is 2.14 bits per heavy atom. The Bertz CT molecular complexity index is 290. The Hall–Kier alpha value is -0.760. The number of benzene rings is 1. The van der Waals surface area contributed by atoms with E-state index < -0.39 is 0 Å². The van der Waals surface area contributed by atoms with Gasteiger partial charge < -0.3 is 0 Å². The molecule has 0 heterocycles. The van der Waals surface area contributed by atoms with Crippen LogP contribution in [0.25, 0.3) is 0 Å². The van der Waals surface area contributed by atoms with Gasteiger partial charge in [0.25, 0.3) is 0 Å². The van der Waals surface area contributed by atoms with Crippen molar-refractivity contribution in [1.29, 1.82) is 0 Å². The standard InChI is InChI=1S/C12H16OS/c1-9(2)10(3)14-12-6-4-11(8-13)5-7-12/h4-10H,1-3H3. The van der Waals surface area contributed by atoms with E-state index in [1.54, 1.807) is 0 Å². The lowest BCUT2D eigenvalue weighted by molar-refractivity contribution is 0.112. The fourth-order valence-electron chi connectivity index (χ4n) is 0.976. The van der Waals surface area contributed by atoms with Crippen molar-refractivity contribution in [3.8, 4) is 0 Å². The van der Waals surface area contributed by atoms with Crippen molar-refractivity contribution < 1.29 is 4.79 Å². The molecule has 0 saturated carbocycles. The van der Waals surface area contributed by atoms with Gasteiger partial charge in [-0.25, -0.2) is 0 Å². The predicted molar refractivity (Wildman–Crippen MR) is 62.0 cm³/mol. The summed E-state index contributed by atoms with van der Waals surface area (Å²) in [6.45, 7) is 6.66. The van der Waals surface area contributed by atoms with E-state index in [4.69, 9.17) is 0 Å². The number of aldehydes is 1. The van der Waals surface area contributed by atoms with Crippen molar-refractivity contribution in [3.05, 3.63) is 29.8 Å². The maximum absolute atomic E-state index is 10.4. The highest BCUT2D eigenvalue weighted by atomic mass is 32.2. The second-order valence-electron chi connectivity index (χ2n) is 3.75. The van der Waals surface area contributed by atoms with Crippen LogP contribution in [0.3, 0.4) is 0 Å². The zero-order valence-electron chi connectivity index (χ0n) is 8.86. The van der Waals surface area contributed by atoms with E-state index in [0.29, 0.717) is 11.2 Å². The van der Waals surface area contributed by atoms with Crippen LogP contribution in [-0.2, 0) is 0 Å². The topological polar surface area (TPSA) is 17.1 Å². The Morgan fingerprint density at radius 1 is 1.14 bits per heavy atom. The number of carbonyl (C=O) groups excluding carboxylic acids is 1. The van der Waals surface area contributed by atoms with Gasteiger partial charge in [-0.1, -0.05) is 32.9 Å². The normalized spacial score (nSPS) is 12.9. The molecule has 76 valence electrons. The Labute approximate surface area is 89.9 Å². The second kappa shape index (κ2) is 5.20. The summed E-state index contributed by atoms with van der Waals surface area (Å²) in [4.78, 5) is 11.7. The monoisotopic (exact) mass is 208 g/mol. The smallest absolute Gasteiger partial charge is 0.150 e. The molecule has 2 heteroatoms. The first-order valence-electron chi connectivity index (χ1n) is 4.85. The van der Waals surface area contributed by atoms with Gasteiger partial charge in [0.15, 0.2) is 0 Å². The van der Waals surface area contributed by atoms with E-state index in [1.165, 1.54) is 4.90 Å². The molecule has 0 radical (unpaired) electrons. The van der Waals surface area contributed by atoms with Crippen molar-refractivity contribution >= 4 is 18.0 Å². The largest absolute Gasteiger partial charge is 0.298 e. The van der Waals surface area contributed by atoms with E-state index in [-0.39, 0.29) is 0 Å². The van der Waals surface area contributed by atoms with E-state index >= 15 is 0 Å². The summed E-state index contributed by atoms with van der Waals surface area (Å²) >= 11 is 1.85. The maximum Gasteiger partial charge on any atom is 0.150 e. The van der Waals surface area contributed by atoms with Gasteiger partial charge in [-0.05, 0) is 18.1 Å². The maximum atomic E-state index is 10.4. The summed E-state index contributed by atoms with van der Waals surface area (Å²) in [5.41, 5.74) is 0.742. The number of hydrogen-bond donors (Lipinski definition) is 0. The summed E-state index contributed by atoms with van der Waals surface area (Å²) in [6, 6.07) is 7.74. The molecular formula is C12H16OS. The van der Waals surface area contributed by atoms with Crippen LogP contribution in [0, 0.1) is 5.92 Å². The molecule has 0 saturated heterocycles. The van der Waals surface area contributed by atoms with Gasteiger partial charge in [0.1, 0.15) is 6.29 Å². The van der Waals surface area contributed by atoms with Crippen LogP contribution in [0.2, 0.25) is 0 Å². The van der Waals surface area contributed by atoms with Crippen LogP contribution in [-0.4, -0.2) is 11.5 Å². The first-order valence-corrected chi connectivity index (χ1v) is 5.73. The van der Waals surface area contributed by atoms with Gasteiger partial charge in [-0.15, -0.1) is 11.8 Å². The highest BCUT2D eigenvalue weighted by molar-refractivity contribution is 8.00. The first-order chi connectivity index (χ1) is 6.63. The molecule has 0 amide bonds.